The maximum atomic E-state index is 12.9. The van der Waals surface area contributed by atoms with E-state index in [-0.39, 0.29) is 18.9 Å². The van der Waals surface area contributed by atoms with Crippen molar-refractivity contribution in [2.45, 2.75) is 44.7 Å². The first-order valence-electron chi connectivity index (χ1n) is 10.7. The van der Waals surface area contributed by atoms with Gasteiger partial charge in [0.15, 0.2) is 0 Å². The smallest absolute Gasteiger partial charge is 0.407 e. The van der Waals surface area contributed by atoms with Gasteiger partial charge in [0.1, 0.15) is 18.2 Å². The molecular formula is C26H28N2O5. The minimum atomic E-state index is -1.45. The molecule has 1 aliphatic rings. The average molecular weight is 449 g/mol. The van der Waals surface area contributed by atoms with Crippen molar-refractivity contribution < 1.29 is 24.2 Å². The molecule has 0 bridgehead atoms. The van der Waals surface area contributed by atoms with E-state index in [1.165, 1.54) is 20.9 Å². The summed E-state index contributed by atoms with van der Waals surface area (Å²) in [5.41, 5.74) is 2.95. The summed E-state index contributed by atoms with van der Waals surface area (Å²) in [5.74, 6) is 3.65. The van der Waals surface area contributed by atoms with E-state index in [1.807, 2.05) is 48.5 Å². The van der Waals surface area contributed by atoms with Crippen molar-refractivity contribution in [1.82, 2.24) is 10.2 Å². The number of hydrogen-bond acceptors (Lipinski definition) is 4. The van der Waals surface area contributed by atoms with Crippen LogP contribution < -0.4 is 5.32 Å². The lowest BCUT2D eigenvalue weighted by molar-refractivity contribution is -0.156. The molecule has 7 heteroatoms. The molecule has 0 aromatic heterocycles. The number of nitrogens with one attached hydrogen (secondary N) is 1. The third-order valence-electron chi connectivity index (χ3n) is 6.11. The number of aliphatic carboxylic acids is 1. The Hall–Kier alpha value is -3.79. The Morgan fingerprint density at radius 1 is 1.09 bits per heavy atom. The Kier molecular flexibility index (Phi) is 7.07. The zero-order valence-corrected chi connectivity index (χ0v) is 19.2. The number of likely N-dealkylation sites (N-methyl/N-ethyl adjacent to an activating group) is 1. The summed E-state index contributed by atoms with van der Waals surface area (Å²) in [7, 11) is 1.39. The van der Waals surface area contributed by atoms with Crippen LogP contribution in [-0.2, 0) is 14.3 Å². The molecular weight excluding hydrogens is 420 g/mol. The summed E-state index contributed by atoms with van der Waals surface area (Å²) in [5, 5.41) is 12.0. The highest BCUT2D eigenvalue weighted by Gasteiger charge is 2.38. The van der Waals surface area contributed by atoms with Gasteiger partial charge in [-0.3, -0.25) is 4.79 Å². The molecule has 0 spiro atoms. The number of fused-ring (bicyclic) bond motifs is 3. The summed E-state index contributed by atoms with van der Waals surface area (Å²) >= 11 is 0. The molecule has 2 amide bonds. The molecule has 1 unspecified atom stereocenters. The van der Waals surface area contributed by atoms with Crippen LogP contribution in [0.15, 0.2) is 48.5 Å². The molecule has 2 aromatic carbocycles. The first-order chi connectivity index (χ1) is 15.7. The molecule has 0 radical (unpaired) electrons. The van der Waals surface area contributed by atoms with E-state index >= 15 is 0 Å². The molecule has 2 N–H and O–H groups in total. The number of alkyl carbamates (subject to hydrolysis) is 1. The number of hydrogen-bond donors (Lipinski definition) is 2. The van der Waals surface area contributed by atoms with Crippen molar-refractivity contribution in [3.63, 3.8) is 0 Å². The predicted molar refractivity (Wildman–Crippen MR) is 125 cm³/mol. The Bertz CT molecular complexity index is 1080. The minimum absolute atomic E-state index is 0.0412. The second kappa shape index (κ2) is 9.78. The van der Waals surface area contributed by atoms with Gasteiger partial charge in [-0.15, -0.1) is 11.8 Å². The first kappa shape index (κ1) is 23.9. The Balaban J connectivity index is 1.72. The van der Waals surface area contributed by atoms with Crippen LogP contribution in [0.2, 0.25) is 0 Å². The standard InChI is InChI=1S/C26H28N2O5/c1-5-6-15-22(23(29)28(4)26(2,3)24(30)31)27-25(32)33-16-21-19-13-9-7-11-17(19)18-12-8-10-14-20(18)21/h7-14,21-22H,15-16H2,1-4H3,(H,27,32)(H,30,31). The normalized spacial score (nSPS) is 13.1. The van der Waals surface area contributed by atoms with Gasteiger partial charge >= 0.3 is 12.1 Å². The van der Waals surface area contributed by atoms with E-state index in [4.69, 9.17) is 4.74 Å². The fourth-order valence-electron chi connectivity index (χ4n) is 3.84. The molecule has 1 atom stereocenters. The number of benzene rings is 2. The zero-order chi connectivity index (χ0) is 24.2. The first-order valence-corrected chi connectivity index (χ1v) is 10.7. The van der Waals surface area contributed by atoms with Crippen molar-refractivity contribution in [3.8, 4) is 23.0 Å². The molecule has 33 heavy (non-hydrogen) atoms. The minimum Gasteiger partial charge on any atom is -0.480 e. The topological polar surface area (TPSA) is 95.9 Å². The Morgan fingerprint density at radius 2 is 1.64 bits per heavy atom. The Labute approximate surface area is 193 Å². The predicted octanol–water partition coefficient (Wildman–Crippen LogP) is 3.63. The summed E-state index contributed by atoms with van der Waals surface area (Å²) in [6.07, 6.45) is -0.714. The quantitative estimate of drug-likeness (QED) is 0.631. The highest BCUT2D eigenvalue weighted by Crippen LogP contribution is 2.44. The number of nitrogens with zero attached hydrogens (tertiary/aromatic N) is 1. The number of carboxylic acids is 1. The second-order valence-corrected chi connectivity index (χ2v) is 8.41. The maximum absolute atomic E-state index is 12.9. The lowest BCUT2D eigenvalue weighted by atomic mass is 9.98. The van der Waals surface area contributed by atoms with E-state index in [0.717, 1.165) is 27.2 Å². The van der Waals surface area contributed by atoms with Crippen LogP contribution in [0.1, 0.15) is 44.2 Å². The molecule has 0 saturated heterocycles. The highest BCUT2D eigenvalue weighted by atomic mass is 16.5. The number of carboxylic acid groups (broad SMARTS) is 1. The molecule has 172 valence electrons. The summed E-state index contributed by atoms with van der Waals surface area (Å²) in [4.78, 5) is 38.2. The molecule has 0 heterocycles. The van der Waals surface area contributed by atoms with Gasteiger partial charge in [0.2, 0.25) is 5.91 Å². The van der Waals surface area contributed by atoms with Gasteiger partial charge in [-0.2, -0.15) is 0 Å². The summed E-state index contributed by atoms with van der Waals surface area (Å²) < 4.78 is 5.53. The van der Waals surface area contributed by atoms with Gasteiger partial charge in [0.25, 0.3) is 0 Å². The second-order valence-electron chi connectivity index (χ2n) is 8.41. The van der Waals surface area contributed by atoms with Crippen molar-refractivity contribution in [2.75, 3.05) is 13.7 Å². The molecule has 0 aliphatic heterocycles. The van der Waals surface area contributed by atoms with Crippen LogP contribution in [-0.4, -0.2) is 53.2 Å². The van der Waals surface area contributed by atoms with Crippen molar-refractivity contribution >= 4 is 18.0 Å². The van der Waals surface area contributed by atoms with E-state index in [9.17, 15) is 19.5 Å². The fraction of sp³-hybridized carbons (Fsp3) is 0.346. The molecule has 1 aliphatic carbocycles. The Morgan fingerprint density at radius 3 is 2.15 bits per heavy atom. The zero-order valence-electron chi connectivity index (χ0n) is 19.2. The van der Waals surface area contributed by atoms with Crippen LogP contribution in [0.25, 0.3) is 11.1 Å². The monoisotopic (exact) mass is 448 g/mol. The van der Waals surface area contributed by atoms with Crippen molar-refractivity contribution in [3.05, 3.63) is 59.7 Å². The third-order valence-corrected chi connectivity index (χ3v) is 6.11. The van der Waals surface area contributed by atoms with E-state index in [1.54, 1.807) is 6.92 Å². The van der Waals surface area contributed by atoms with Gasteiger partial charge in [-0.25, -0.2) is 9.59 Å². The molecule has 0 fully saturated rings. The number of ether oxygens (including phenoxy) is 1. The van der Waals surface area contributed by atoms with Crippen LogP contribution in [0.5, 0.6) is 0 Å². The van der Waals surface area contributed by atoms with Crippen LogP contribution >= 0.6 is 0 Å². The lowest BCUT2D eigenvalue weighted by Gasteiger charge is -2.34. The van der Waals surface area contributed by atoms with E-state index in [0.29, 0.717) is 0 Å². The van der Waals surface area contributed by atoms with E-state index < -0.39 is 29.6 Å². The van der Waals surface area contributed by atoms with E-state index in [2.05, 4.69) is 17.2 Å². The molecule has 2 aromatic rings. The molecule has 0 saturated carbocycles. The number of rotatable bonds is 7. The average Bonchev–Trinajstić information content (AvgIpc) is 3.13. The summed E-state index contributed by atoms with van der Waals surface area (Å²) in [6.45, 7) is 4.57. The lowest BCUT2D eigenvalue weighted by Crippen LogP contribution is -2.57. The fourth-order valence-corrected chi connectivity index (χ4v) is 3.84. The SMILES string of the molecule is CC#CCC(NC(=O)OCC1c2ccccc2-c2ccccc21)C(=O)N(C)C(C)(C)C(=O)O. The van der Waals surface area contributed by atoms with Gasteiger partial charge in [-0.05, 0) is 43.0 Å². The number of carbonyl (C=O) groups is 3. The van der Waals surface area contributed by atoms with Crippen molar-refractivity contribution in [2.24, 2.45) is 0 Å². The van der Waals surface area contributed by atoms with Gasteiger partial charge < -0.3 is 20.1 Å². The summed E-state index contributed by atoms with van der Waals surface area (Å²) in [6, 6.07) is 15.0. The molecule has 3 rings (SSSR count). The van der Waals surface area contributed by atoms with Gasteiger partial charge in [-0.1, -0.05) is 48.5 Å². The van der Waals surface area contributed by atoms with Gasteiger partial charge in [0, 0.05) is 19.4 Å². The molecule has 7 nitrogen and oxygen atoms in total. The van der Waals surface area contributed by atoms with Gasteiger partial charge in [0.05, 0.1) is 0 Å². The highest BCUT2D eigenvalue weighted by molar-refractivity contribution is 5.91. The van der Waals surface area contributed by atoms with Crippen LogP contribution in [0.3, 0.4) is 0 Å². The third kappa shape index (κ3) is 4.85. The van der Waals surface area contributed by atoms with Crippen molar-refractivity contribution in [1.29, 1.82) is 0 Å². The van der Waals surface area contributed by atoms with Crippen LogP contribution in [0, 0.1) is 11.8 Å². The number of carbonyl (C=O) groups excluding carboxylic acids is 2. The number of amides is 2. The largest absolute Gasteiger partial charge is 0.480 e. The van der Waals surface area contributed by atoms with Crippen LogP contribution in [0.4, 0.5) is 4.79 Å². The maximum Gasteiger partial charge on any atom is 0.407 e.